The molecule has 4 heteroatoms. The van der Waals surface area contributed by atoms with Crippen LogP contribution < -0.4 is 5.32 Å². The number of nitrogens with zero attached hydrogens (tertiary/aromatic N) is 3. The van der Waals surface area contributed by atoms with Gasteiger partial charge >= 0.3 is 0 Å². The van der Waals surface area contributed by atoms with Gasteiger partial charge in [0.05, 0.1) is 6.04 Å². The molecule has 0 aliphatic carbocycles. The van der Waals surface area contributed by atoms with Crippen molar-refractivity contribution >= 4 is 0 Å². The number of aryl methyl sites for hydroxylation is 1. The van der Waals surface area contributed by atoms with E-state index >= 15 is 0 Å². The Kier molecular flexibility index (Phi) is 3.91. The monoisotopic (exact) mass is 262 g/mol. The number of hydrogen-bond donors (Lipinski definition) is 1. The number of aromatic nitrogens is 1. The Morgan fingerprint density at radius 1 is 1.21 bits per heavy atom. The summed E-state index contributed by atoms with van der Waals surface area (Å²) in [7, 11) is 4.34. The molecule has 1 N–H and O–H groups in total. The molecule has 2 aliphatic rings. The lowest BCUT2D eigenvalue weighted by molar-refractivity contribution is 0.0938. The lowest BCUT2D eigenvalue weighted by Gasteiger charge is -2.40. The van der Waals surface area contributed by atoms with Crippen molar-refractivity contribution in [3.05, 3.63) is 24.0 Å². The van der Waals surface area contributed by atoms with Gasteiger partial charge in [-0.3, -0.25) is 4.90 Å². The fourth-order valence-electron chi connectivity index (χ4n) is 3.48. The lowest BCUT2D eigenvalue weighted by atomic mass is 9.98. The van der Waals surface area contributed by atoms with Crippen LogP contribution in [-0.4, -0.2) is 60.2 Å². The van der Waals surface area contributed by atoms with Gasteiger partial charge in [0, 0.05) is 51.7 Å². The Balaban J connectivity index is 1.79. The molecule has 0 saturated carbocycles. The first kappa shape index (κ1) is 13.2. The fourth-order valence-corrected chi connectivity index (χ4v) is 3.48. The van der Waals surface area contributed by atoms with Gasteiger partial charge in [-0.05, 0) is 38.1 Å². The number of rotatable bonds is 3. The largest absolute Gasteiger partial charge is 0.357 e. The summed E-state index contributed by atoms with van der Waals surface area (Å²) >= 11 is 0. The predicted molar refractivity (Wildman–Crippen MR) is 78.2 cm³/mol. The second-order valence-electron chi connectivity index (χ2n) is 6.10. The predicted octanol–water partition coefficient (Wildman–Crippen LogP) is 1.07. The van der Waals surface area contributed by atoms with Crippen molar-refractivity contribution in [3.8, 4) is 0 Å². The van der Waals surface area contributed by atoms with Gasteiger partial charge in [-0.2, -0.15) is 0 Å². The van der Waals surface area contributed by atoms with Crippen molar-refractivity contribution in [3.63, 3.8) is 0 Å². The molecule has 1 aromatic rings. The van der Waals surface area contributed by atoms with Gasteiger partial charge in [0.1, 0.15) is 0 Å². The van der Waals surface area contributed by atoms with Gasteiger partial charge in [-0.15, -0.1) is 0 Å². The van der Waals surface area contributed by atoms with Crippen LogP contribution in [0.4, 0.5) is 0 Å². The number of likely N-dealkylation sites (N-methyl/N-ethyl adjacent to an activating group) is 1. The average Bonchev–Trinajstić information content (AvgIpc) is 3.05. The molecule has 0 radical (unpaired) electrons. The topological polar surface area (TPSA) is 23.4 Å². The molecular weight excluding hydrogens is 236 g/mol. The van der Waals surface area contributed by atoms with Crippen LogP contribution >= 0.6 is 0 Å². The van der Waals surface area contributed by atoms with Gasteiger partial charge < -0.3 is 14.8 Å². The molecule has 2 fully saturated rings. The molecule has 1 aromatic heterocycles. The third-order valence-electron chi connectivity index (χ3n) is 4.61. The molecule has 0 aromatic carbocycles. The van der Waals surface area contributed by atoms with E-state index in [-0.39, 0.29) is 0 Å². The highest BCUT2D eigenvalue weighted by molar-refractivity contribution is 5.19. The van der Waals surface area contributed by atoms with Crippen LogP contribution in [0.2, 0.25) is 0 Å². The maximum Gasteiger partial charge on any atom is 0.0517 e. The highest BCUT2D eigenvalue weighted by atomic mass is 15.3. The SMILES string of the molecule is CN1CCN(C(c2ccn(C)c2)C2CCCN2)CC1. The van der Waals surface area contributed by atoms with Crippen LogP contribution in [0.1, 0.15) is 24.4 Å². The highest BCUT2D eigenvalue weighted by Gasteiger charge is 2.32. The van der Waals surface area contributed by atoms with Gasteiger partial charge in [-0.25, -0.2) is 0 Å². The third-order valence-corrected chi connectivity index (χ3v) is 4.61. The summed E-state index contributed by atoms with van der Waals surface area (Å²) in [6, 6.07) is 3.48. The van der Waals surface area contributed by atoms with Crippen molar-refractivity contribution in [2.75, 3.05) is 39.8 Å². The summed E-state index contributed by atoms with van der Waals surface area (Å²) in [5.41, 5.74) is 1.48. The van der Waals surface area contributed by atoms with E-state index in [1.807, 2.05) is 0 Å². The minimum absolute atomic E-state index is 0.553. The second-order valence-corrected chi connectivity index (χ2v) is 6.10. The zero-order valence-electron chi connectivity index (χ0n) is 12.2. The minimum atomic E-state index is 0.553. The Hall–Kier alpha value is -0.840. The minimum Gasteiger partial charge on any atom is -0.357 e. The summed E-state index contributed by atoms with van der Waals surface area (Å²) in [5.74, 6) is 0. The van der Waals surface area contributed by atoms with Crippen LogP contribution in [0.5, 0.6) is 0 Å². The Bertz CT molecular complexity index is 400. The summed E-state index contributed by atoms with van der Waals surface area (Å²) in [4.78, 5) is 5.11. The molecule has 4 nitrogen and oxygen atoms in total. The lowest BCUT2D eigenvalue weighted by Crippen LogP contribution is -2.50. The van der Waals surface area contributed by atoms with Gasteiger partial charge in [0.25, 0.3) is 0 Å². The Morgan fingerprint density at radius 3 is 2.58 bits per heavy atom. The quantitative estimate of drug-likeness (QED) is 0.881. The summed E-state index contributed by atoms with van der Waals surface area (Å²) in [6.45, 7) is 5.94. The average molecular weight is 262 g/mol. The molecular formula is C15H26N4. The van der Waals surface area contributed by atoms with Gasteiger partial charge in [0.2, 0.25) is 0 Å². The highest BCUT2D eigenvalue weighted by Crippen LogP contribution is 2.30. The smallest absolute Gasteiger partial charge is 0.0517 e. The molecule has 19 heavy (non-hydrogen) atoms. The number of piperazine rings is 1. The first-order valence-corrected chi connectivity index (χ1v) is 7.52. The maximum absolute atomic E-state index is 3.71. The second kappa shape index (κ2) is 5.65. The molecule has 3 rings (SSSR count). The molecule has 2 saturated heterocycles. The van der Waals surface area contributed by atoms with Crippen LogP contribution in [0, 0.1) is 0 Å². The zero-order valence-corrected chi connectivity index (χ0v) is 12.2. The standard InChI is InChI=1S/C15H26N4/c1-17-8-10-19(11-9-17)15(14-4-3-6-16-14)13-5-7-18(2)12-13/h5,7,12,14-16H,3-4,6,8-11H2,1-2H3. The molecule has 2 aliphatic heterocycles. The van der Waals surface area contributed by atoms with Crippen molar-refractivity contribution in [1.82, 2.24) is 19.7 Å². The number of hydrogen-bond acceptors (Lipinski definition) is 3. The van der Waals surface area contributed by atoms with E-state index in [2.05, 4.69) is 52.2 Å². The zero-order chi connectivity index (χ0) is 13.2. The van der Waals surface area contributed by atoms with Crippen LogP contribution in [0.25, 0.3) is 0 Å². The molecule has 2 atom stereocenters. The Morgan fingerprint density at radius 2 is 2.00 bits per heavy atom. The third kappa shape index (κ3) is 2.86. The van der Waals surface area contributed by atoms with E-state index < -0.39 is 0 Å². The fraction of sp³-hybridized carbons (Fsp3) is 0.733. The van der Waals surface area contributed by atoms with E-state index in [1.54, 1.807) is 0 Å². The molecule has 0 amide bonds. The molecule has 106 valence electrons. The maximum atomic E-state index is 3.71. The van der Waals surface area contributed by atoms with Crippen molar-refractivity contribution in [2.24, 2.45) is 7.05 Å². The van der Waals surface area contributed by atoms with Crippen LogP contribution in [0.15, 0.2) is 18.5 Å². The number of nitrogens with one attached hydrogen (secondary N) is 1. The first-order valence-electron chi connectivity index (χ1n) is 7.52. The van der Waals surface area contributed by atoms with Gasteiger partial charge in [0.15, 0.2) is 0 Å². The van der Waals surface area contributed by atoms with E-state index in [1.165, 1.54) is 51.1 Å². The normalized spacial score (nSPS) is 27.8. The molecule has 2 unspecified atom stereocenters. The van der Waals surface area contributed by atoms with E-state index in [4.69, 9.17) is 0 Å². The van der Waals surface area contributed by atoms with Crippen molar-refractivity contribution < 1.29 is 0 Å². The molecule has 0 bridgehead atoms. The summed E-state index contributed by atoms with van der Waals surface area (Å²) in [6.07, 6.45) is 7.10. The van der Waals surface area contributed by atoms with E-state index in [0.717, 1.165) is 0 Å². The first-order chi connectivity index (χ1) is 9.24. The summed E-state index contributed by atoms with van der Waals surface area (Å²) < 4.78 is 2.17. The summed E-state index contributed by atoms with van der Waals surface area (Å²) in [5, 5.41) is 3.71. The van der Waals surface area contributed by atoms with Crippen molar-refractivity contribution in [1.29, 1.82) is 0 Å². The molecule has 0 spiro atoms. The van der Waals surface area contributed by atoms with Gasteiger partial charge in [-0.1, -0.05) is 0 Å². The van der Waals surface area contributed by atoms with E-state index in [0.29, 0.717) is 12.1 Å². The van der Waals surface area contributed by atoms with Crippen LogP contribution in [-0.2, 0) is 7.05 Å². The van der Waals surface area contributed by atoms with Crippen molar-refractivity contribution in [2.45, 2.75) is 24.9 Å². The molecule has 3 heterocycles. The Labute approximate surface area is 116 Å². The van der Waals surface area contributed by atoms with Crippen LogP contribution in [0.3, 0.4) is 0 Å². The van der Waals surface area contributed by atoms with E-state index in [9.17, 15) is 0 Å².